The Morgan fingerprint density at radius 3 is 1.33 bits per heavy atom. The third kappa shape index (κ3) is 7.59. The van der Waals surface area contributed by atoms with Crippen molar-refractivity contribution in [2.24, 2.45) is 0 Å². The highest BCUT2D eigenvalue weighted by Crippen LogP contribution is 2.33. The first-order valence-corrected chi connectivity index (χ1v) is 14.1. The van der Waals surface area contributed by atoms with Crippen LogP contribution in [0.25, 0.3) is 0 Å². The maximum atomic E-state index is 11.0. The zero-order chi connectivity index (χ0) is 33.3. The van der Waals surface area contributed by atoms with Crippen LogP contribution in [0.15, 0.2) is 0 Å². The fourth-order valence-corrected chi connectivity index (χ4v) is 5.43. The summed E-state index contributed by atoms with van der Waals surface area (Å²) < 4.78 is 37.3. The second-order valence-electron chi connectivity index (χ2n) is 11.2. The molecule has 4 fully saturated rings. The minimum Gasteiger partial charge on any atom is -0.394 e. The van der Waals surface area contributed by atoms with Gasteiger partial charge in [0.05, 0.1) is 26.4 Å². The Labute approximate surface area is 254 Å². The van der Waals surface area contributed by atoms with Gasteiger partial charge in [-0.15, -0.1) is 0 Å². The van der Waals surface area contributed by atoms with Gasteiger partial charge in [-0.2, -0.15) is 0 Å². The largest absolute Gasteiger partial charge is 0.394 e. The summed E-state index contributed by atoms with van der Waals surface area (Å²) in [7, 11) is 0. The highest BCUT2D eigenvalue weighted by molar-refractivity contribution is 4.97. The van der Waals surface area contributed by atoms with Gasteiger partial charge in [0.15, 0.2) is 25.2 Å². The summed E-state index contributed by atoms with van der Waals surface area (Å²) in [6, 6.07) is 0. The normalized spacial score (nSPS) is 52.9. The van der Waals surface area contributed by atoms with Crippen molar-refractivity contribution in [3.05, 3.63) is 0 Å². The number of rotatable bonds is 10. The van der Waals surface area contributed by atoms with Crippen molar-refractivity contribution in [3.8, 4) is 0 Å². The lowest BCUT2D eigenvalue weighted by Crippen LogP contribution is -2.67. The lowest BCUT2D eigenvalue weighted by Gasteiger charge is -2.48. The molecule has 0 aliphatic carbocycles. The Kier molecular flexibility index (Phi) is 12.8. The van der Waals surface area contributed by atoms with Crippen LogP contribution in [0, 0.1) is 0 Å². The molecular formula is C24H42O21. The van der Waals surface area contributed by atoms with E-state index in [1.807, 2.05) is 0 Å². The van der Waals surface area contributed by atoms with E-state index in [2.05, 4.69) is 0 Å². The van der Waals surface area contributed by atoms with Crippen LogP contribution in [0.5, 0.6) is 0 Å². The molecule has 0 unspecified atom stereocenters. The van der Waals surface area contributed by atoms with Crippen molar-refractivity contribution in [1.82, 2.24) is 0 Å². The Morgan fingerprint density at radius 2 is 0.778 bits per heavy atom. The zero-order valence-corrected chi connectivity index (χ0v) is 23.5. The molecule has 0 spiro atoms. The van der Waals surface area contributed by atoms with Gasteiger partial charge in [0.1, 0.15) is 97.7 Å². The van der Waals surface area contributed by atoms with Crippen LogP contribution in [-0.2, 0) is 33.2 Å². The molecule has 0 aromatic carbocycles. The van der Waals surface area contributed by atoms with E-state index >= 15 is 0 Å². The van der Waals surface area contributed by atoms with E-state index in [4.69, 9.17) is 33.2 Å². The minimum atomic E-state index is -2.03. The molecule has 4 heterocycles. The lowest BCUT2D eigenvalue weighted by molar-refractivity contribution is -0.381. The molecule has 0 radical (unpaired) electrons. The molecule has 4 saturated heterocycles. The maximum Gasteiger partial charge on any atom is 0.187 e. The van der Waals surface area contributed by atoms with Gasteiger partial charge in [0.25, 0.3) is 0 Å². The Balaban J connectivity index is 1.46. The van der Waals surface area contributed by atoms with Crippen molar-refractivity contribution < 1.29 is 105 Å². The molecular weight excluding hydrogens is 624 g/mol. The highest BCUT2D eigenvalue weighted by Gasteiger charge is 2.54. The van der Waals surface area contributed by atoms with E-state index in [-0.39, 0.29) is 0 Å². The van der Waals surface area contributed by atoms with Gasteiger partial charge in [-0.25, -0.2) is 0 Å². The molecule has 0 amide bonds. The van der Waals surface area contributed by atoms with Gasteiger partial charge < -0.3 is 105 Å². The van der Waals surface area contributed by atoms with Crippen LogP contribution >= 0.6 is 0 Å². The number of hydrogen-bond acceptors (Lipinski definition) is 21. The van der Waals surface area contributed by atoms with Crippen LogP contribution in [0.4, 0.5) is 0 Å². The van der Waals surface area contributed by atoms with E-state index in [9.17, 15) is 71.5 Å². The van der Waals surface area contributed by atoms with Crippen molar-refractivity contribution in [3.63, 3.8) is 0 Å². The van der Waals surface area contributed by atoms with E-state index in [1.165, 1.54) is 0 Å². The smallest absolute Gasteiger partial charge is 0.187 e. The van der Waals surface area contributed by atoms with Crippen LogP contribution in [0.1, 0.15) is 0 Å². The standard InChI is InChI=1S/C24H42O21/c25-1-5-9(28)13(32)15(34)22(41-5)39-4-8-10(29)14(33)16(35)23(43-8)45-20-12(31)7(3-27)42-24(18(20)37)44-19-11(30)6(2-26)40-21(38)17(19)36/h5-38H,1-4H2/t5-,6-,7-,8-,9-,10-,11-,12-,13+,14+,15-,16-,17-,18-,19+,20+,21-,22+,23-,24-/m1/s1. The number of hydrogen-bond donors (Lipinski definition) is 14. The second-order valence-corrected chi connectivity index (χ2v) is 11.2. The second kappa shape index (κ2) is 15.6. The van der Waals surface area contributed by atoms with Crippen molar-refractivity contribution >= 4 is 0 Å². The quantitative estimate of drug-likeness (QED) is 0.103. The zero-order valence-electron chi connectivity index (χ0n) is 23.5. The van der Waals surface area contributed by atoms with Crippen molar-refractivity contribution in [2.75, 3.05) is 26.4 Å². The Bertz CT molecular complexity index is 916. The molecule has 14 N–H and O–H groups in total. The number of ether oxygens (including phenoxy) is 7. The number of aliphatic hydroxyl groups excluding tert-OH is 14. The molecule has 4 rings (SSSR count). The lowest BCUT2D eigenvalue weighted by atomic mass is 9.96. The molecule has 20 atom stereocenters. The molecule has 0 bridgehead atoms. The summed E-state index contributed by atoms with van der Waals surface area (Å²) >= 11 is 0. The van der Waals surface area contributed by atoms with Gasteiger partial charge in [-0.3, -0.25) is 0 Å². The van der Waals surface area contributed by atoms with Crippen LogP contribution in [-0.4, -0.2) is 221 Å². The molecule has 4 aliphatic heterocycles. The summed E-state index contributed by atoms with van der Waals surface area (Å²) in [6.07, 6.45) is -35.5. The van der Waals surface area contributed by atoms with E-state index < -0.39 is 149 Å². The predicted molar refractivity (Wildman–Crippen MR) is 134 cm³/mol. The van der Waals surface area contributed by atoms with Crippen LogP contribution < -0.4 is 0 Å². The summed E-state index contributed by atoms with van der Waals surface area (Å²) in [5, 5.41) is 142. The molecule has 45 heavy (non-hydrogen) atoms. The SMILES string of the molecule is OC[C@H]1O[C@H](OC[C@H]2O[C@H](O[C@@H]3[C@@H](O)[C@@H](O[C@@H]4[C@@H](O)[C@H](O)O[C@H](CO)[C@H]4O)O[C@H](CO)[C@H]3O)[C@H](O)[C@@H](O)[C@@H]2O)[C@H](O)[C@@H](O)[C@@H]1O. The molecule has 264 valence electrons. The van der Waals surface area contributed by atoms with Gasteiger partial charge >= 0.3 is 0 Å². The average Bonchev–Trinajstić information content (AvgIpc) is 3.02. The molecule has 0 saturated carbocycles. The van der Waals surface area contributed by atoms with Crippen molar-refractivity contribution in [1.29, 1.82) is 0 Å². The van der Waals surface area contributed by atoms with Gasteiger partial charge in [0, 0.05) is 0 Å². The third-order valence-electron chi connectivity index (χ3n) is 8.19. The average molecular weight is 667 g/mol. The van der Waals surface area contributed by atoms with E-state index in [0.717, 1.165) is 0 Å². The molecule has 21 nitrogen and oxygen atoms in total. The summed E-state index contributed by atoms with van der Waals surface area (Å²) in [5.41, 5.74) is 0. The first-order valence-electron chi connectivity index (χ1n) is 14.1. The van der Waals surface area contributed by atoms with Gasteiger partial charge in [0.2, 0.25) is 0 Å². The van der Waals surface area contributed by atoms with Gasteiger partial charge in [-0.05, 0) is 0 Å². The Hall–Kier alpha value is -0.840. The van der Waals surface area contributed by atoms with Crippen molar-refractivity contribution in [2.45, 2.75) is 123 Å². The Morgan fingerprint density at radius 1 is 0.378 bits per heavy atom. The summed E-state index contributed by atoms with van der Waals surface area (Å²) in [4.78, 5) is 0. The van der Waals surface area contributed by atoms with Crippen LogP contribution in [0.3, 0.4) is 0 Å². The van der Waals surface area contributed by atoms with E-state index in [1.54, 1.807) is 0 Å². The van der Waals surface area contributed by atoms with E-state index in [0.29, 0.717) is 0 Å². The minimum absolute atomic E-state index is 0.703. The summed E-state index contributed by atoms with van der Waals surface area (Å²) in [6.45, 7) is -3.14. The fraction of sp³-hybridized carbons (Fsp3) is 1.00. The monoisotopic (exact) mass is 666 g/mol. The third-order valence-corrected chi connectivity index (χ3v) is 8.19. The summed E-state index contributed by atoms with van der Waals surface area (Å²) in [5.74, 6) is 0. The number of aliphatic hydroxyl groups is 14. The molecule has 4 aliphatic rings. The predicted octanol–water partition coefficient (Wildman–Crippen LogP) is -9.75. The fourth-order valence-electron chi connectivity index (χ4n) is 5.43. The first kappa shape index (κ1) is 37.0. The topological polar surface area (TPSA) is 348 Å². The molecule has 0 aromatic heterocycles. The molecule has 0 aromatic rings. The maximum absolute atomic E-state index is 11.0. The molecule has 21 heteroatoms. The highest BCUT2D eigenvalue weighted by atomic mass is 16.8. The van der Waals surface area contributed by atoms with Crippen LogP contribution in [0.2, 0.25) is 0 Å². The first-order chi connectivity index (χ1) is 21.2. The van der Waals surface area contributed by atoms with Gasteiger partial charge in [-0.1, -0.05) is 0 Å².